The molecule has 1 aliphatic rings. The van der Waals surface area contributed by atoms with E-state index in [1.54, 1.807) is 4.90 Å². The Morgan fingerprint density at radius 2 is 1.81 bits per heavy atom. The Hall–Kier alpha value is -1.04. The van der Waals surface area contributed by atoms with E-state index in [-0.39, 0.29) is 12.2 Å². The summed E-state index contributed by atoms with van der Waals surface area (Å²) in [6.45, 7) is 4.65. The number of allylic oxidation sites excluding steroid dienone is 1. The summed E-state index contributed by atoms with van der Waals surface area (Å²) >= 11 is 0. The predicted molar refractivity (Wildman–Crippen MR) is 51.8 cm³/mol. The van der Waals surface area contributed by atoms with Crippen molar-refractivity contribution < 1.29 is 22.7 Å². The molecule has 2 atom stereocenters. The van der Waals surface area contributed by atoms with E-state index in [0.29, 0.717) is 19.2 Å². The fourth-order valence-electron chi connectivity index (χ4n) is 1.61. The van der Waals surface area contributed by atoms with E-state index in [9.17, 15) is 18.0 Å². The maximum absolute atomic E-state index is 11.9. The minimum Gasteiger partial charge on any atom is -0.372 e. The number of rotatable bonds is 2. The summed E-state index contributed by atoms with van der Waals surface area (Å²) in [4.78, 5) is 12.3. The highest BCUT2D eigenvalue weighted by Crippen LogP contribution is 2.17. The predicted octanol–water partition coefficient (Wildman–Crippen LogP) is 1.74. The zero-order valence-electron chi connectivity index (χ0n) is 9.12. The van der Waals surface area contributed by atoms with Crippen LogP contribution in [0, 0.1) is 0 Å². The summed E-state index contributed by atoms with van der Waals surface area (Å²) in [5.41, 5.74) is 0. The molecule has 1 heterocycles. The molecule has 0 aromatic heterocycles. The summed E-state index contributed by atoms with van der Waals surface area (Å²) in [6.07, 6.45) is -3.14. The van der Waals surface area contributed by atoms with E-state index in [1.807, 2.05) is 13.8 Å². The lowest BCUT2D eigenvalue weighted by atomic mass is 10.2. The minimum atomic E-state index is -4.79. The van der Waals surface area contributed by atoms with Crippen molar-refractivity contribution in [3.05, 3.63) is 12.3 Å². The van der Waals surface area contributed by atoms with E-state index >= 15 is 0 Å². The lowest BCUT2D eigenvalue weighted by Crippen LogP contribution is -2.42. The summed E-state index contributed by atoms with van der Waals surface area (Å²) in [6, 6.07) is 0. The maximum Gasteiger partial charge on any atom is 0.454 e. The number of ether oxygens (including phenoxy) is 1. The van der Waals surface area contributed by atoms with Crippen molar-refractivity contribution in [2.45, 2.75) is 32.2 Å². The first-order chi connectivity index (χ1) is 7.29. The normalized spacial score (nSPS) is 27.4. The highest BCUT2D eigenvalue weighted by atomic mass is 19.4. The molecule has 16 heavy (non-hydrogen) atoms. The third kappa shape index (κ3) is 3.84. The molecule has 6 heteroatoms. The van der Waals surface area contributed by atoms with Crippen LogP contribution in [0.25, 0.3) is 0 Å². The van der Waals surface area contributed by atoms with Gasteiger partial charge in [0.25, 0.3) is 5.78 Å². The van der Waals surface area contributed by atoms with Gasteiger partial charge in [-0.15, -0.1) is 0 Å². The third-order valence-electron chi connectivity index (χ3n) is 2.16. The summed E-state index contributed by atoms with van der Waals surface area (Å²) < 4.78 is 41.1. The number of halogens is 3. The molecule has 0 aliphatic carbocycles. The molecular weight excluding hydrogens is 223 g/mol. The van der Waals surface area contributed by atoms with Crippen LogP contribution in [0.4, 0.5) is 13.2 Å². The fourth-order valence-corrected chi connectivity index (χ4v) is 1.61. The molecule has 3 nitrogen and oxygen atoms in total. The number of morpholine rings is 1. The van der Waals surface area contributed by atoms with Crippen molar-refractivity contribution in [1.82, 2.24) is 4.90 Å². The first kappa shape index (κ1) is 13.0. The average Bonchev–Trinajstić information content (AvgIpc) is 2.11. The monoisotopic (exact) mass is 237 g/mol. The number of nitrogens with zero attached hydrogens (tertiary/aromatic N) is 1. The number of ketones is 1. The topological polar surface area (TPSA) is 29.5 Å². The van der Waals surface area contributed by atoms with Crippen molar-refractivity contribution in [1.29, 1.82) is 0 Å². The Morgan fingerprint density at radius 3 is 2.25 bits per heavy atom. The largest absolute Gasteiger partial charge is 0.454 e. The minimum absolute atomic E-state index is 0.0469. The van der Waals surface area contributed by atoms with Gasteiger partial charge in [-0.1, -0.05) is 0 Å². The van der Waals surface area contributed by atoms with Crippen molar-refractivity contribution >= 4 is 5.78 Å². The molecule has 0 aromatic carbocycles. The molecule has 0 radical (unpaired) electrons. The molecule has 1 saturated heterocycles. The third-order valence-corrected chi connectivity index (χ3v) is 2.16. The van der Waals surface area contributed by atoms with E-state index < -0.39 is 12.0 Å². The van der Waals surface area contributed by atoms with Gasteiger partial charge in [0.2, 0.25) is 0 Å². The van der Waals surface area contributed by atoms with Crippen LogP contribution in [0.3, 0.4) is 0 Å². The van der Waals surface area contributed by atoms with Crippen molar-refractivity contribution in [3.63, 3.8) is 0 Å². The van der Waals surface area contributed by atoms with Gasteiger partial charge < -0.3 is 9.64 Å². The molecule has 0 unspecified atom stereocenters. The Bertz CT molecular complexity index is 278. The van der Waals surface area contributed by atoms with Crippen molar-refractivity contribution in [2.75, 3.05) is 13.1 Å². The quantitative estimate of drug-likeness (QED) is 0.685. The van der Waals surface area contributed by atoms with E-state index in [0.717, 1.165) is 0 Å². The van der Waals surface area contributed by atoms with Gasteiger partial charge in [-0.05, 0) is 13.8 Å². The zero-order chi connectivity index (χ0) is 12.3. The molecule has 0 bridgehead atoms. The number of alkyl halides is 3. The lowest BCUT2D eigenvalue weighted by Gasteiger charge is -2.34. The molecule has 92 valence electrons. The summed E-state index contributed by atoms with van der Waals surface area (Å²) in [5.74, 6) is -1.83. The number of carbonyl (C=O) groups is 1. The first-order valence-corrected chi connectivity index (χ1v) is 4.98. The van der Waals surface area contributed by atoms with Crippen LogP contribution >= 0.6 is 0 Å². The molecule has 1 fully saturated rings. The average molecular weight is 237 g/mol. The molecular formula is C10H14F3NO2. The van der Waals surface area contributed by atoms with Crippen molar-refractivity contribution in [2.24, 2.45) is 0 Å². The Balaban J connectivity index is 2.54. The second-order valence-corrected chi connectivity index (χ2v) is 3.89. The molecule has 0 aromatic rings. The van der Waals surface area contributed by atoms with E-state index in [2.05, 4.69) is 0 Å². The van der Waals surface area contributed by atoms with Crippen LogP contribution in [-0.4, -0.2) is 42.2 Å². The molecule has 1 aliphatic heterocycles. The highest BCUT2D eigenvalue weighted by molar-refractivity contribution is 5.94. The number of hydrogen-bond donors (Lipinski definition) is 0. The van der Waals surface area contributed by atoms with Gasteiger partial charge in [0.15, 0.2) is 0 Å². The van der Waals surface area contributed by atoms with Crippen molar-refractivity contribution in [3.8, 4) is 0 Å². The molecule has 1 rings (SSSR count). The van der Waals surface area contributed by atoms with Crippen LogP contribution < -0.4 is 0 Å². The number of hydrogen-bond acceptors (Lipinski definition) is 3. The second kappa shape index (κ2) is 4.86. The highest BCUT2D eigenvalue weighted by Gasteiger charge is 2.36. The van der Waals surface area contributed by atoms with Gasteiger partial charge >= 0.3 is 6.18 Å². The van der Waals surface area contributed by atoms with Gasteiger partial charge in [0.05, 0.1) is 12.2 Å². The maximum atomic E-state index is 11.9. The smallest absolute Gasteiger partial charge is 0.372 e. The Morgan fingerprint density at radius 1 is 1.31 bits per heavy atom. The fraction of sp³-hybridized carbons (Fsp3) is 0.700. The lowest BCUT2D eigenvalue weighted by molar-refractivity contribution is -0.165. The number of carbonyl (C=O) groups excluding carboxylic acids is 1. The van der Waals surface area contributed by atoms with E-state index in [4.69, 9.17) is 4.74 Å². The molecule has 0 N–H and O–H groups in total. The van der Waals surface area contributed by atoms with Crippen LogP contribution in [0.5, 0.6) is 0 Å². The molecule has 0 saturated carbocycles. The zero-order valence-corrected chi connectivity index (χ0v) is 9.12. The van der Waals surface area contributed by atoms with Crippen LogP contribution in [0.1, 0.15) is 13.8 Å². The van der Waals surface area contributed by atoms with Gasteiger partial charge in [0.1, 0.15) is 0 Å². The van der Waals surface area contributed by atoms with Gasteiger partial charge in [0, 0.05) is 25.4 Å². The van der Waals surface area contributed by atoms with Crippen LogP contribution in [0.2, 0.25) is 0 Å². The molecule has 0 amide bonds. The van der Waals surface area contributed by atoms with Crippen LogP contribution in [-0.2, 0) is 9.53 Å². The molecule has 0 spiro atoms. The summed E-state index contributed by atoms with van der Waals surface area (Å²) in [7, 11) is 0. The van der Waals surface area contributed by atoms with Gasteiger partial charge in [-0.3, -0.25) is 4.79 Å². The summed E-state index contributed by atoms with van der Waals surface area (Å²) in [5, 5.41) is 0. The Labute approximate surface area is 91.9 Å². The standard InChI is InChI=1S/C10H14F3NO2/c1-7-5-14(6-8(2)16-7)4-3-9(15)10(11,12)13/h3-4,7-8H,5-6H2,1-2H3/b4-3+/t7-,8-/m1/s1. The first-order valence-electron chi connectivity index (χ1n) is 4.98. The van der Waals surface area contributed by atoms with Gasteiger partial charge in [-0.2, -0.15) is 13.2 Å². The SMILES string of the molecule is C[C@@H]1CN(/C=C/C(=O)C(F)(F)F)C[C@@H](C)O1. The second-order valence-electron chi connectivity index (χ2n) is 3.89. The Kier molecular flexibility index (Phi) is 3.96. The van der Waals surface area contributed by atoms with Gasteiger partial charge in [-0.25, -0.2) is 0 Å². The van der Waals surface area contributed by atoms with E-state index in [1.165, 1.54) is 6.20 Å². The van der Waals surface area contributed by atoms with Crippen LogP contribution in [0.15, 0.2) is 12.3 Å².